The van der Waals surface area contributed by atoms with Crippen molar-refractivity contribution in [2.24, 2.45) is 5.92 Å². The van der Waals surface area contributed by atoms with Crippen LogP contribution in [-0.2, 0) is 19.1 Å². The van der Waals surface area contributed by atoms with Gasteiger partial charge in [-0.1, -0.05) is 6.92 Å². The first kappa shape index (κ1) is 13.6. The molecule has 0 radical (unpaired) electrons. The largest absolute Gasteiger partial charge is 0.465 e. The van der Waals surface area contributed by atoms with Crippen molar-refractivity contribution < 1.29 is 19.1 Å². The third-order valence-corrected chi connectivity index (χ3v) is 1.82. The Morgan fingerprint density at radius 3 is 2.07 bits per heavy atom. The molecule has 0 saturated heterocycles. The second-order valence-electron chi connectivity index (χ2n) is 2.85. The molecule has 5 nitrogen and oxygen atoms in total. The first-order valence-electron chi connectivity index (χ1n) is 5.00. The zero-order valence-electron chi connectivity index (χ0n) is 9.33. The number of esters is 2. The van der Waals surface area contributed by atoms with E-state index in [1.165, 1.54) is 0 Å². The topological polar surface area (TPSA) is 76.5 Å². The molecule has 1 N–H and O–H groups in total. The SMILES string of the molecule is CCOC(=O)C(=N)C(CC)C(=O)OCC. The van der Waals surface area contributed by atoms with E-state index < -0.39 is 17.9 Å². The average molecular weight is 215 g/mol. The van der Waals surface area contributed by atoms with E-state index in [0.717, 1.165) is 0 Å². The quantitative estimate of drug-likeness (QED) is 0.532. The highest BCUT2D eigenvalue weighted by atomic mass is 16.5. The minimum absolute atomic E-state index is 0.195. The Kier molecular flexibility index (Phi) is 6.33. The first-order chi connectivity index (χ1) is 7.08. The van der Waals surface area contributed by atoms with Crippen LogP contribution < -0.4 is 0 Å². The molecule has 0 aliphatic rings. The lowest BCUT2D eigenvalue weighted by Crippen LogP contribution is -2.32. The highest BCUT2D eigenvalue weighted by Crippen LogP contribution is 2.08. The highest BCUT2D eigenvalue weighted by molar-refractivity contribution is 6.39. The molecule has 0 saturated carbocycles. The minimum atomic E-state index is -0.816. The summed E-state index contributed by atoms with van der Waals surface area (Å²) in [6.45, 7) is 5.48. The zero-order valence-corrected chi connectivity index (χ0v) is 9.33. The maximum atomic E-state index is 11.4. The van der Waals surface area contributed by atoms with Crippen molar-refractivity contribution >= 4 is 17.7 Å². The molecule has 86 valence electrons. The summed E-state index contributed by atoms with van der Waals surface area (Å²) in [5, 5.41) is 7.49. The van der Waals surface area contributed by atoms with Crippen molar-refractivity contribution in [2.75, 3.05) is 13.2 Å². The van der Waals surface area contributed by atoms with Crippen LogP contribution in [-0.4, -0.2) is 30.9 Å². The third-order valence-electron chi connectivity index (χ3n) is 1.82. The van der Waals surface area contributed by atoms with Gasteiger partial charge < -0.3 is 9.47 Å². The lowest BCUT2D eigenvalue weighted by Gasteiger charge is -2.13. The second-order valence-corrected chi connectivity index (χ2v) is 2.85. The van der Waals surface area contributed by atoms with Crippen molar-refractivity contribution in [1.29, 1.82) is 5.41 Å². The monoisotopic (exact) mass is 215 g/mol. The van der Waals surface area contributed by atoms with Crippen LogP contribution in [0.15, 0.2) is 0 Å². The van der Waals surface area contributed by atoms with Crippen molar-refractivity contribution in [3.63, 3.8) is 0 Å². The Hall–Kier alpha value is -1.39. The Bertz CT molecular complexity index is 250. The molecule has 0 aliphatic heterocycles. The molecule has 0 aromatic heterocycles. The summed E-state index contributed by atoms with van der Waals surface area (Å²) in [7, 11) is 0. The molecule has 0 aromatic carbocycles. The summed E-state index contributed by atoms with van der Waals surface area (Å²) in [5.74, 6) is -2.11. The van der Waals surface area contributed by atoms with Gasteiger partial charge in [-0.15, -0.1) is 0 Å². The number of ether oxygens (including phenoxy) is 2. The lowest BCUT2D eigenvalue weighted by molar-refractivity contribution is -0.147. The maximum absolute atomic E-state index is 11.4. The molecule has 0 rings (SSSR count). The van der Waals surface area contributed by atoms with E-state index in [2.05, 4.69) is 4.74 Å². The van der Waals surface area contributed by atoms with Gasteiger partial charge in [0.15, 0.2) is 0 Å². The maximum Gasteiger partial charge on any atom is 0.352 e. The van der Waals surface area contributed by atoms with Gasteiger partial charge in [0, 0.05) is 0 Å². The molecule has 0 aliphatic carbocycles. The fraction of sp³-hybridized carbons (Fsp3) is 0.700. The second kappa shape index (κ2) is 6.98. The molecule has 5 heteroatoms. The zero-order chi connectivity index (χ0) is 11.8. The van der Waals surface area contributed by atoms with Crippen molar-refractivity contribution in [3.05, 3.63) is 0 Å². The van der Waals surface area contributed by atoms with Crippen molar-refractivity contribution in [3.8, 4) is 0 Å². The van der Waals surface area contributed by atoms with Crippen LogP contribution in [0.5, 0.6) is 0 Å². The van der Waals surface area contributed by atoms with Gasteiger partial charge in [-0.05, 0) is 20.3 Å². The molecule has 0 amide bonds. The van der Waals surface area contributed by atoms with Crippen LogP contribution in [0.2, 0.25) is 0 Å². The normalized spacial score (nSPS) is 11.7. The molecule has 1 unspecified atom stereocenters. The van der Waals surface area contributed by atoms with Crippen LogP contribution >= 0.6 is 0 Å². The molecule has 0 aromatic rings. The summed E-state index contributed by atoms with van der Waals surface area (Å²) in [6.07, 6.45) is 0.358. The van der Waals surface area contributed by atoms with Gasteiger partial charge in [-0.2, -0.15) is 0 Å². The van der Waals surface area contributed by atoms with Gasteiger partial charge in [0.25, 0.3) is 0 Å². The Morgan fingerprint density at radius 2 is 1.67 bits per heavy atom. The van der Waals surface area contributed by atoms with E-state index in [0.29, 0.717) is 6.42 Å². The molecule has 0 fully saturated rings. The number of carbonyl (C=O) groups is 2. The van der Waals surface area contributed by atoms with Gasteiger partial charge in [0.2, 0.25) is 0 Å². The van der Waals surface area contributed by atoms with Gasteiger partial charge in [0.05, 0.1) is 13.2 Å². The summed E-state index contributed by atoms with van der Waals surface area (Å²) < 4.78 is 9.40. The van der Waals surface area contributed by atoms with E-state index in [9.17, 15) is 9.59 Å². The molecule has 0 bridgehead atoms. The van der Waals surface area contributed by atoms with E-state index in [1.807, 2.05) is 0 Å². The number of rotatable bonds is 6. The number of nitrogens with one attached hydrogen (secondary N) is 1. The summed E-state index contributed by atoms with van der Waals surface area (Å²) in [5.41, 5.74) is -0.335. The molecule has 1 atom stereocenters. The number of hydrogen-bond acceptors (Lipinski definition) is 5. The average Bonchev–Trinajstić information content (AvgIpc) is 2.19. The molecular weight excluding hydrogens is 198 g/mol. The summed E-state index contributed by atoms with van der Waals surface area (Å²) in [4.78, 5) is 22.6. The fourth-order valence-electron chi connectivity index (χ4n) is 1.08. The molecule has 0 heterocycles. The predicted octanol–water partition coefficient (Wildman–Crippen LogP) is 1.16. The van der Waals surface area contributed by atoms with E-state index in [1.54, 1.807) is 20.8 Å². The Balaban J connectivity index is 4.46. The predicted molar refractivity (Wildman–Crippen MR) is 54.8 cm³/mol. The molecule has 0 spiro atoms. The van der Waals surface area contributed by atoms with Crippen LogP contribution in [0, 0.1) is 11.3 Å². The van der Waals surface area contributed by atoms with Crippen LogP contribution in [0.25, 0.3) is 0 Å². The minimum Gasteiger partial charge on any atom is -0.465 e. The van der Waals surface area contributed by atoms with Gasteiger partial charge in [0.1, 0.15) is 11.6 Å². The number of hydrogen-bond donors (Lipinski definition) is 1. The first-order valence-corrected chi connectivity index (χ1v) is 5.00. The Labute approximate surface area is 89.3 Å². The van der Waals surface area contributed by atoms with Gasteiger partial charge in [-0.3, -0.25) is 10.2 Å². The van der Waals surface area contributed by atoms with Crippen LogP contribution in [0.1, 0.15) is 27.2 Å². The van der Waals surface area contributed by atoms with Crippen molar-refractivity contribution in [2.45, 2.75) is 27.2 Å². The lowest BCUT2D eigenvalue weighted by atomic mass is 10.0. The van der Waals surface area contributed by atoms with Crippen molar-refractivity contribution in [1.82, 2.24) is 0 Å². The summed E-state index contributed by atoms with van der Waals surface area (Å²) in [6, 6.07) is 0. The van der Waals surface area contributed by atoms with Gasteiger partial charge >= 0.3 is 11.9 Å². The van der Waals surface area contributed by atoms with Gasteiger partial charge in [-0.25, -0.2) is 4.79 Å². The third kappa shape index (κ3) is 4.10. The Morgan fingerprint density at radius 1 is 1.13 bits per heavy atom. The van der Waals surface area contributed by atoms with E-state index in [-0.39, 0.29) is 18.9 Å². The fourth-order valence-corrected chi connectivity index (χ4v) is 1.08. The van der Waals surface area contributed by atoms with E-state index in [4.69, 9.17) is 10.1 Å². The molecular formula is C10H17NO4. The smallest absolute Gasteiger partial charge is 0.352 e. The number of carbonyl (C=O) groups excluding carboxylic acids is 2. The summed E-state index contributed by atoms with van der Waals surface area (Å²) >= 11 is 0. The van der Waals surface area contributed by atoms with Crippen LogP contribution in [0.3, 0.4) is 0 Å². The van der Waals surface area contributed by atoms with E-state index >= 15 is 0 Å². The standard InChI is InChI=1S/C10H17NO4/c1-4-7(9(12)14-5-2)8(11)10(13)15-6-3/h7,11H,4-6H2,1-3H3. The van der Waals surface area contributed by atoms with Crippen LogP contribution in [0.4, 0.5) is 0 Å². The molecule has 15 heavy (non-hydrogen) atoms. The highest BCUT2D eigenvalue weighted by Gasteiger charge is 2.28.